The zero-order valence-electron chi connectivity index (χ0n) is 10.9. The molecule has 0 saturated heterocycles. The van der Waals surface area contributed by atoms with Gasteiger partial charge in [0.2, 0.25) is 0 Å². The van der Waals surface area contributed by atoms with E-state index in [-0.39, 0.29) is 5.69 Å². The molecule has 1 N–H and O–H groups in total. The van der Waals surface area contributed by atoms with Crippen molar-refractivity contribution in [3.05, 3.63) is 33.9 Å². The van der Waals surface area contributed by atoms with Gasteiger partial charge in [-0.2, -0.15) is 5.10 Å². The minimum Gasteiger partial charge on any atom is -0.493 e. The van der Waals surface area contributed by atoms with Gasteiger partial charge in [0.05, 0.1) is 11.1 Å². The Balaban J connectivity index is 2.10. The molecule has 6 heteroatoms. The minimum absolute atomic E-state index is 0.147. The minimum atomic E-state index is -1.00. The Morgan fingerprint density at radius 2 is 2.30 bits per heavy atom. The van der Waals surface area contributed by atoms with Crippen LogP contribution < -0.4 is 4.74 Å². The summed E-state index contributed by atoms with van der Waals surface area (Å²) in [7, 11) is 1.62. The Hall–Kier alpha value is -1.82. The van der Waals surface area contributed by atoms with Gasteiger partial charge in [-0.3, -0.25) is 4.68 Å². The first-order valence-corrected chi connectivity index (χ1v) is 7.09. The number of aromatic carboxylic acids is 1. The molecule has 1 aromatic heterocycles. The fourth-order valence-electron chi connectivity index (χ4n) is 2.42. The Morgan fingerprint density at radius 3 is 3.00 bits per heavy atom. The Labute approximate surface area is 124 Å². The first-order valence-electron chi connectivity index (χ1n) is 6.30. The summed E-state index contributed by atoms with van der Waals surface area (Å²) in [6, 6.07) is 5.85. The van der Waals surface area contributed by atoms with Crippen LogP contribution in [0.25, 0.3) is 11.3 Å². The average Bonchev–Trinajstić information content (AvgIpc) is 2.73. The van der Waals surface area contributed by atoms with Crippen molar-refractivity contribution in [2.24, 2.45) is 7.05 Å². The van der Waals surface area contributed by atoms with Gasteiger partial charge < -0.3 is 9.84 Å². The molecular formula is C14H13BrN2O3. The second-order valence-corrected chi connectivity index (χ2v) is 5.51. The van der Waals surface area contributed by atoms with Crippen molar-refractivity contribution in [3.8, 4) is 17.0 Å². The van der Waals surface area contributed by atoms with Gasteiger partial charge in [-0.05, 0) is 52.5 Å². The molecule has 20 heavy (non-hydrogen) atoms. The molecule has 0 saturated carbocycles. The van der Waals surface area contributed by atoms with Crippen LogP contribution in [-0.4, -0.2) is 27.5 Å². The van der Waals surface area contributed by atoms with Crippen molar-refractivity contribution >= 4 is 21.9 Å². The highest BCUT2D eigenvalue weighted by Gasteiger charge is 2.21. The molecule has 1 aliphatic heterocycles. The average molecular weight is 337 g/mol. The molecule has 3 rings (SSSR count). The molecule has 2 heterocycles. The normalized spacial score (nSPS) is 13.7. The van der Waals surface area contributed by atoms with Crippen molar-refractivity contribution in [3.63, 3.8) is 0 Å². The number of aryl methyl sites for hydroxylation is 2. The molecule has 0 unspecified atom stereocenters. The van der Waals surface area contributed by atoms with Gasteiger partial charge in [0, 0.05) is 12.6 Å². The third kappa shape index (κ3) is 2.10. The second-order valence-electron chi connectivity index (χ2n) is 4.71. The first-order chi connectivity index (χ1) is 9.58. The molecule has 0 fully saturated rings. The fourth-order valence-corrected chi connectivity index (χ4v) is 3.16. The standard InChI is InChI=1S/C14H13BrN2O3/c1-17-13(14(18)19)11(15)12(16-17)9-4-5-10-8(7-9)3-2-6-20-10/h4-5,7H,2-3,6H2,1H3,(H,18,19). The molecule has 1 aromatic carbocycles. The summed E-state index contributed by atoms with van der Waals surface area (Å²) in [4.78, 5) is 11.2. The predicted molar refractivity (Wildman–Crippen MR) is 77.1 cm³/mol. The number of ether oxygens (including phenoxy) is 1. The molecule has 104 valence electrons. The molecule has 1 aliphatic rings. The number of aromatic nitrogens is 2. The van der Waals surface area contributed by atoms with Gasteiger partial charge in [-0.1, -0.05) is 0 Å². The highest BCUT2D eigenvalue weighted by molar-refractivity contribution is 9.10. The summed E-state index contributed by atoms with van der Waals surface area (Å²) < 4.78 is 7.46. The largest absolute Gasteiger partial charge is 0.493 e. The number of nitrogens with zero attached hydrogens (tertiary/aromatic N) is 2. The molecule has 0 amide bonds. The van der Waals surface area contributed by atoms with Gasteiger partial charge in [-0.25, -0.2) is 4.79 Å². The fraction of sp³-hybridized carbons (Fsp3) is 0.286. The molecular weight excluding hydrogens is 324 g/mol. The summed E-state index contributed by atoms with van der Waals surface area (Å²) in [5.74, 6) is -0.0927. The van der Waals surface area contributed by atoms with E-state index in [1.54, 1.807) is 7.05 Å². The number of fused-ring (bicyclic) bond motifs is 1. The summed E-state index contributed by atoms with van der Waals surface area (Å²) >= 11 is 3.34. The molecule has 0 spiro atoms. The van der Waals surface area contributed by atoms with E-state index in [9.17, 15) is 9.90 Å². The number of carboxylic acid groups (broad SMARTS) is 1. The third-order valence-electron chi connectivity index (χ3n) is 3.37. The third-order valence-corrected chi connectivity index (χ3v) is 4.13. The molecule has 0 radical (unpaired) electrons. The van der Waals surface area contributed by atoms with Gasteiger partial charge in [0.1, 0.15) is 11.4 Å². The number of halogens is 1. The van der Waals surface area contributed by atoms with E-state index < -0.39 is 5.97 Å². The number of hydrogen-bond acceptors (Lipinski definition) is 3. The van der Waals surface area contributed by atoms with Crippen molar-refractivity contribution in [1.82, 2.24) is 9.78 Å². The molecule has 5 nitrogen and oxygen atoms in total. The van der Waals surface area contributed by atoms with E-state index in [0.717, 1.165) is 36.3 Å². The van der Waals surface area contributed by atoms with Gasteiger partial charge in [-0.15, -0.1) is 0 Å². The van der Waals surface area contributed by atoms with E-state index in [1.807, 2.05) is 18.2 Å². The van der Waals surface area contributed by atoms with E-state index in [2.05, 4.69) is 21.0 Å². The Kier molecular flexibility index (Phi) is 3.25. The molecule has 0 aliphatic carbocycles. The SMILES string of the molecule is Cn1nc(-c2ccc3c(c2)CCCO3)c(Br)c1C(=O)O. The second kappa shape index (κ2) is 4.94. The summed E-state index contributed by atoms with van der Waals surface area (Å²) in [6.45, 7) is 0.753. The van der Waals surface area contributed by atoms with E-state index >= 15 is 0 Å². The zero-order chi connectivity index (χ0) is 14.3. The van der Waals surface area contributed by atoms with Crippen LogP contribution in [0, 0.1) is 0 Å². The molecule has 0 atom stereocenters. The number of benzene rings is 1. The first kappa shape index (κ1) is 13.2. The monoisotopic (exact) mass is 336 g/mol. The lowest BCUT2D eigenvalue weighted by Gasteiger charge is -2.17. The maximum absolute atomic E-state index is 11.2. The van der Waals surface area contributed by atoms with Crippen LogP contribution in [0.2, 0.25) is 0 Å². The van der Waals surface area contributed by atoms with Crippen LogP contribution in [0.1, 0.15) is 22.5 Å². The maximum Gasteiger partial charge on any atom is 0.355 e. The van der Waals surface area contributed by atoms with Gasteiger partial charge in [0.25, 0.3) is 0 Å². The van der Waals surface area contributed by atoms with Crippen molar-refractivity contribution in [1.29, 1.82) is 0 Å². The van der Waals surface area contributed by atoms with Crippen LogP contribution in [0.3, 0.4) is 0 Å². The maximum atomic E-state index is 11.2. The molecule has 0 bridgehead atoms. The smallest absolute Gasteiger partial charge is 0.355 e. The summed E-state index contributed by atoms with van der Waals surface area (Å²) in [5.41, 5.74) is 2.82. The van der Waals surface area contributed by atoms with E-state index in [1.165, 1.54) is 4.68 Å². The lowest BCUT2D eigenvalue weighted by atomic mass is 10.0. The van der Waals surface area contributed by atoms with Gasteiger partial charge in [0.15, 0.2) is 5.69 Å². The quantitative estimate of drug-likeness (QED) is 0.915. The van der Waals surface area contributed by atoms with Crippen LogP contribution in [-0.2, 0) is 13.5 Å². The van der Waals surface area contributed by atoms with Crippen LogP contribution in [0.5, 0.6) is 5.75 Å². The summed E-state index contributed by atoms with van der Waals surface area (Å²) in [6.07, 6.45) is 1.97. The molecule has 2 aromatic rings. The van der Waals surface area contributed by atoms with Gasteiger partial charge >= 0.3 is 5.97 Å². The highest BCUT2D eigenvalue weighted by atomic mass is 79.9. The lowest BCUT2D eigenvalue weighted by molar-refractivity contribution is 0.0684. The highest BCUT2D eigenvalue weighted by Crippen LogP contribution is 2.34. The number of carbonyl (C=O) groups is 1. The Bertz CT molecular complexity index is 694. The van der Waals surface area contributed by atoms with Crippen molar-refractivity contribution < 1.29 is 14.6 Å². The van der Waals surface area contributed by atoms with E-state index in [4.69, 9.17) is 4.74 Å². The zero-order valence-corrected chi connectivity index (χ0v) is 12.5. The number of carboxylic acids is 1. The number of hydrogen-bond donors (Lipinski definition) is 1. The Morgan fingerprint density at radius 1 is 1.50 bits per heavy atom. The van der Waals surface area contributed by atoms with Crippen LogP contribution in [0.15, 0.2) is 22.7 Å². The van der Waals surface area contributed by atoms with Crippen LogP contribution in [0.4, 0.5) is 0 Å². The topological polar surface area (TPSA) is 64.4 Å². The summed E-state index contributed by atoms with van der Waals surface area (Å²) in [5, 5.41) is 13.5. The van der Waals surface area contributed by atoms with Crippen molar-refractivity contribution in [2.75, 3.05) is 6.61 Å². The predicted octanol–water partition coefficient (Wildman–Crippen LogP) is 2.87. The van der Waals surface area contributed by atoms with Crippen molar-refractivity contribution in [2.45, 2.75) is 12.8 Å². The van der Waals surface area contributed by atoms with E-state index in [0.29, 0.717) is 10.2 Å². The van der Waals surface area contributed by atoms with Crippen LogP contribution >= 0.6 is 15.9 Å². The number of rotatable bonds is 2. The lowest BCUT2D eigenvalue weighted by Crippen LogP contribution is -2.08.